The number of benzene rings is 1. The van der Waals surface area contributed by atoms with Gasteiger partial charge in [0.05, 0.1) is 21.4 Å². The highest BCUT2D eigenvalue weighted by molar-refractivity contribution is 7.12. The second kappa shape index (κ2) is 10.3. The Labute approximate surface area is 228 Å². The number of aldehydes is 1. The number of rotatable bonds is 10. The molecule has 3 aromatic heterocycles. The van der Waals surface area contributed by atoms with Gasteiger partial charge in [-0.1, -0.05) is 17.3 Å². The van der Waals surface area contributed by atoms with Gasteiger partial charge in [0.2, 0.25) is 5.60 Å². The average molecular weight is 551 g/mol. The van der Waals surface area contributed by atoms with Crippen molar-refractivity contribution in [2.45, 2.75) is 50.4 Å². The van der Waals surface area contributed by atoms with E-state index in [1.54, 1.807) is 12.1 Å². The topological polar surface area (TPSA) is 97.5 Å². The van der Waals surface area contributed by atoms with Gasteiger partial charge in [0.25, 0.3) is 0 Å². The van der Waals surface area contributed by atoms with Crippen LogP contribution in [-0.4, -0.2) is 63.0 Å². The number of ether oxygens (including phenoxy) is 1. The molecule has 1 N–H and O–H groups in total. The second-order valence-electron chi connectivity index (χ2n) is 10.5. The molecule has 0 radical (unpaired) electrons. The molecule has 198 valence electrons. The fourth-order valence-electron chi connectivity index (χ4n) is 6.03. The lowest BCUT2D eigenvalue weighted by Crippen LogP contribution is -2.53. The molecular weight excluding hydrogens is 520 g/mol. The zero-order valence-electron chi connectivity index (χ0n) is 21.0. The maximum Gasteiger partial charge on any atom is 0.347 e. The third kappa shape index (κ3) is 4.59. The first-order chi connectivity index (χ1) is 18.5. The van der Waals surface area contributed by atoms with Crippen LogP contribution in [0.4, 0.5) is 0 Å². The number of aliphatic carboxylic acids is 1. The van der Waals surface area contributed by atoms with Crippen molar-refractivity contribution in [2.24, 2.45) is 5.41 Å². The molecule has 4 heterocycles. The van der Waals surface area contributed by atoms with E-state index >= 15 is 0 Å². The van der Waals surface area contributed by atoms with Gasteiger partial charge in [-0.3, -0.25) is 4.79 Å². The summed E-state index contributed by atoms with van der Waals surface area (Å²) < 4.78 is 8.42. The Morgan fingerprint density at radius 1 is 1.11 bits per heavy atom. The average Bonchev–Trinajstić information content (AvgIpc) is 3.70. The summed E-state index contributed by atoms with van der Waals surface area (Å²) in [7, 11) is 0. The molecule has 2 fully saturated rings. The second-order valence-corrected chi connectivity index (χ2v) is 12.4. The maximum atomic E-state index is 12.6. The van der Waals surface area contributed by atoms with Crippen molar-refractivity contribution in [1.29, 1.82) is 0 Å². The number of fused-ring (bicyclic) bond motifs is 1. The molecule has 6 rings (SSSR count). The Morgan fingerprint density at radius 3 is 2.42 bits per heavy atom. The molecule has 10 heteroatoms. The third-order valence-electron chi connectivity index (χ3n) is 8.14. The summed E-state index contributed by atoms with van der Waals surface area (Å²) in [4.78, 5) is 27.6. The van der Waals surface area contributed by atoms with E-state index in [9.17, 15) is 14.7 Å². The van der Waals surface area contributed by atoms with Crippen LogP contribution in [0.1, 0.15) is 52.2 Å². The molecule has 1 saturated heterocycles. The fraction of sp³-hybridized carbons (Fsp3) is 0.429. The summed E-state index contributed by atoms with van der Waals surface area (Å²) in [5.74, 6) is -0.942. The minimum absolute atomic E-state index is 0.0535. The normalized spacial score (nSPS) is 18.1. The first-order valence-electron chi connectivity index (χ1n) is 13.0. The Morgan fingerprint density at radius 2 is 1.82 bits per heavy atom. The molecule has 2 aliphatic rings. The number of thiophene rings is 2. The van der Waals surface area contributed by atoms with Gasteiger partial charge in [-0.2, -0.15) is 0 Å². The van der Waals surface area contributed by atoms with Crippen LogP contribution < -0.4 is 0 Å². The lowest BCUT2D eigenvalue weighted by Gasteiger charge is -2.53. The first-order valence-corrected chi connectivity index (χ1v) is 14.8. The van der Waals surface area contributed by atoms with Gasteiger partial charge in [0.15, 0.2) is 0 Å². The molecule has 0 bridgehead atoms. The van der Waals surface area contributed by atoms with Crippen LogP contribution in [0.25, 0.3) is 11.0 Å². The summed E-state index contributed by atoms with van der Waals surface area (Å²) in [6.45, 7) is 3.89. The Hall–Kier alpha value is -2.92. The van der Waals surface area contributed by atoms with Crippen LogP contribution >= 0.6 is 22.7 Å². The van der Waals surface area contributed by atoms with E-state index in [0.29, 0.717) is 5.56 Å². The smallest absolute Gasteiger partial charge is 0.347 e. The van der Waals surface area contributed by atoms with E-state index < -0.39 is 11.6 Å². The predicted molar refractivity (Wildman–Crippen MR) is 147 cm³/mol. The number of hydrogen-bond acceptors (Lipinski definition) is 8. The minimum Gasteiger partial charge on any atom is -0.479 e. The number of hydrogen-bond donors (Lipinski definition) is 1. The highest BCUT2D eigenvalue weighted by Gasteiger charge is 2.53. The summed E-state index contributed by atoms with van der Waals surface area (Å²) in [6.07, 6.45) is 5.82. The summed E-state index contributed by atoms with van der Waals surface area (Å²) in [5, 5.41) is 22.7. The summed E-state index contributed by atoms with van der Waals surface area (Å²) in [5.41, 5.74) is 1.16. The van der Waals surface area contributed by atoms with Gasteiger partial charge in [0.1, 0.15) is 11.8 Å². The number of piperidine rings is 1. The van der Waals surface area contributed by atoms with Gasteiger partial charge >= 0.3 is 5.97 Å². The number of carboxylic acids is 1. The van der Waals surface area contributed by atoms with Crippen molar-refractivity contribution in [3.63, 3.8) is 0 Å². The molecule has 1 aliphatic heterocycles. The monoisotopic (exact) mass is 550 g/mol. The SMILES string of the molecule is O=Cc1ccc2c(c1)nnn2CCCN1CCC2(CC1)CC(OC(C(=O)O)(c1cccs1)c1cccs1)C2. The van der Waals surface area contributed by atoms with E-state index in [2.05, 4.69) is 15.2 Å². The molecule has 8 nitrogen and oxygen atoms in total. The van der Waals surface area contributed by atoms with Crippen LogP contribution in [0.3, 0.4) is 0 Å². The molecule has 0 amide bonds. The number of aryl methyl sites for hydroxylation is 1. The zero-order chi connectivity index (χ0) is 26.2. The molecule has 0 atom stereocenters. The van der Waals surface area contributed by atoms with Gasteiger partial charge in [-0.05, 0) is 98.2 Å². The number of carbonyl (C=O) groups excluding carboxylic acids is 1. The molecule has 1 saturated carbocycles. The maximum absolute atomic E-state index is 12.6. The van der Waals surface area contributed by atoms with Gasteiger partial charge in [0, 0.05) is 12.1 Å². The van der Waals surface area contributed by atoms with Crippen molar-refractivity contribution in [2.75, 3.05) is 19.6 Å². The quantitative estimate of drug-likeness (QED) is 0.276. The number of carbonyl (C=O) groups is 2. The number of carboxylic acid groups (broad SMARTS) is 1. The van der Waals surface area contributed by atoms with E-state index in [1.165, 1.54) is 22.7 Å². The molecule has 4 aromatic rings. The third-order valence-corrected chi connectivity index (χ3v) is 10.1. The van der Waals surface area contributed by atoms with E-state index in [4.69, 9.17) is 4.74 Å². The number of nitrogens with zero attached hydrogens (tertiary/aromatic N) is 4. The van der Waals surface area contributed by atoms with E-state index in [-0.39, 0.29) is 11.5 Å². The number of aromatic nitrogens is 3. The number of likely N-dealkylation sites (tertiary alicyclic amines) is 1. The van der Waals surface area contributed by atoms with Crippen molar-refractivity contribution in [1.82, 2.24) is 19.9 Å². The van der Waals surface area contributed by atoms with Gasteiger partial charge in [-0.25, -0.2) is 9.48 Å². The molecule has 1 aliphatic carbocycles. The molecule has 1 aromatic carbocycles. The van der Waals surface area contributed by atoms with Crippen molar-refractivity contribution in [3.8, 4) is 0 Å². The Balaban J connectivity index is 1.02. The first kappa shape index (κ1) is 25.4. The standard InChI is InChI=1S/C28H30N4O4S2/c33-19-20-6-7-23-22(16-20)29-30-32(23)11-3-10-31-12-8-27(9-13-31)17-21(18-27)36-28(26(34)35,24-4-1-14-37-24)25-5-2-15-38-25/h1-2,4-7,14-16,19,21H,3,8-13,17-18H2,(H,34,35). The Bertz CT molecular complexity index is 1370. The predicted octanol–water partition coefficient (Wildman–Crippen LogP) is 5.05. The lowest BCUT2D eigenvalue weighted by molar-refractivity contribution is -0.190. The van der Waals surface area contributed by atoms with Crippen LogP contribution in [0.15, 0.2) is 53.2 Å². The zero-order valence-corrected chi connectivity index (χ0v) is 22.6. The van der Waals surface area contributed by atoms with E-state index in [0.717, 1.165) is 85.4 Å². The van der Waals surface area contributed by atoms with Crippen LogP contribution in [0.5, 0.6) is 0 Å². The van der Waals surface area contributed by atoms with Crippen LogP contribution in [-0.2, 0) is 21.7 Å². The van der Waals surface area contributed by atoms with Gasteiger partial charge in [-0.15, -0.1) is 27.8 Å². The molecule has 38 heavy (non-hydrogen) atoms. The largest absolute Gasteiger partial charge is 0.479 e. The van der Waals surface area contributed by atoms with Crippen molar-refractivity contribution < 1.29 is 19.4 Å². The van der Waals surface area contributed by atoms with Gasteiger partial charge < -0.3 is 14.7 Å². The lowest BCUT2D eigenvalue weighted by atomic mass is 9.61. The van der Waals surface area contributed by atoms with Crippen LogP contribution in [0, 0.1) is 5.41 Å². The van der Waals surface area contributed by atoms with Crippen LogP contribution in [0.2, 0.25) is 0 Å². The Kier molecular flexibility index (Phi) is 6.90. The minimum atomic E-state index is -1.42. The van der Waals surface area contributed by atoms with E-state index in [1.807, 2.05) is 45.8 Å². The molecule has 1 spiro atoms. The highest BCUT2D eigenvalue weighted by atomic mass is 32.1. The summed E-state index contributed by atoms with van der Waals surface area (Å²) in [6, 6.07) is 13.0. The van der Waals surface area contributed by atoms with Crippen molar-refractivity contribution >= 4 is 46.0 Å². The molecule has 0 unspecified atom stereocenters. The highest BCUT2D eigenvalue weighted by Crippen LogP contribution is 2.53. The molecular formula is C28H30N4O4S2. The van der Waals surface area contributed by atoms with Crippen molar-refractivity contribution in [3.05, 3.63) is 68.5 Å². The summed E-state index contributed by atoms with van der Waals surface area (Å²) >= 11 is 2.88. The fourth-order valence-corrected chi connectivity index (χ4v) is 7.84.